The summed E-state index contributed by atoms with van der Waals surface area (Å²) >= 11 is 0. The third kappa shape index (κ3) is 4.09. The van der Waals surface area contributed by atoms with Crippen molar-refractivity contribution in [3.8, 4) is 0 Å². The molecule has 0 heterocycles. The molecule has 0 amide bonds. The first kappa shape index (κ1) is 12.2. The quantitative estimate of drug-likeness (QED) is 0.563. The molecule has 0 unspecified atom stereocenters. The smallest absolute Gasteiger partial charge is 0.309 e. The van der Waals surface area contributed by atoms with Gasteiger partial charge in [-0.05, 0) is 12.5 Å². The number of carbonyl (C=O) groups is 2. The van der Waals surface area contributed by atoms with E-state index in [1.807, 2.05) is 18.2 Å². The Bertz CT molecular complexity index is 377. The summed E-state index contributed by atoms with van der Waals surface area (Å²) in [6.45, 7) is 2.18. The zero-order valence-electron chi connectivity index (χ0n) is 9.18. The van der Waals surface area contributed by atoms with Crippen molar-refractivity contribution in [2.45, 2.75) is 13.3 Å². The zero-order chi connectivity index (χ0) is 11.8. The van der Waals surface area contributed by atoms with Gasteiger partial charge in [0.25, 0.3) is 0 Å². The van der Waals surface area contributed by atoms with Crippen molar-refractivity contribution in [2.24, 2.45) is 0 Å². The largest absolute Gasteiger partial charge is 0.466 e. The molecule has 1 rings (SSSR count). The van der Waals surface area contributed by atoms with Gasteiger partial charge < -0.3 is 4.74 Å². The summed E-state index contributed by atoms with van der Waals surface area (Å²) in [5, 5.41) is 0. The standard InChI is InChI=1S/C13H14O3/c1-2-16-13(15)5-3-4-11-6-8-12(10-14)9-7-11/h3-4,6-10H,2,5H2,1H3. The lowest BCUT2D eigenvalue weighted by atomic mass is 10.1. The Kier molecular flexibility index (Phi) is 4.99. The molecule has 0 N–H and O–H groups in total. The summed E-state index contributed by atoms with van der Waals surface area (Å²) in [6.07, 6.45) is 4.63. The summed E-state index contributed by atoms with van der Waals surface area (Å²) in [4.78, 5) is 21.4. The van der Waals surface area contributed by atoms with Gasteiger partial charge in [-0.15, -0.1) is 0 Å². The number of esters is 1. The third-order valence-corrected chi connectivity index (χ3v) is 1.97. The van der Waals surface area contributed by atoms with Crippen molar-refractivity contribution < 1.29 is 14.3 Å². The van der Waals surface area contributed by atoms with Crippen LogP contribution >= 0.6 is 0 Å². The van der Waals surface area contributed by atoms with E-state index in [9.17, 15) is 9.59 Å². The lowest BCUT2D eigenvalue weighted by molar-refractivity contribution is -0.142. The maximum atomic E-state index is 11.0. The number of hydrogen-bond acceptors (Lipinski definition) is 3. The molecule has 0 saturated carbocycles. The van der Waals surface area contributed by atoms with Gasteiger partial charge in [-0.3, -0.25) is 9.59 Å². The molecule has 0 atom stereocenters. The normalized spacial score (nSPS) is 10.3. The average molecular weight is 218 g/mol. The van der Waals surface area contributed by atoms with Gasteiger partial charge in [-0.1, -0.05) is 36.4 Å². The minimum absolute atomic E-state index is 0.233. The Balaban J connectivity index is 2.49. The van der Waals surface area contributed by atoms with E-state index < -0.39 is 0 Å². The van der Waals surface area contributed by atoms with Crippen LogP contribution in [0.5, 0.6) is 0 Å². The highest BCUT2D eigenvalue weighted by atomic mass is 16.5. The van der Waals surface area contributed by atoms with Crippen LogP contribution in [-0.2, 0) is 9.53 Å². The Labute approximate surface area is 94.7 Å². The Morgan fingerprint density at radius 2 is 1.88 bits per heavy atom. The monoisotopic (exact) mass is 218 g/mol. The van der Waals surface area contributed by atoms with Gasteiger partial charge in [0.2, 0.25) is 0 Å². The molecule has 0 bridgehead atoms. The average Bonchev–Trinajstić information content (AvgIpc) is 2.30. The maximum absolute atomic E-state index is 11.0. The van der Waals surface area contributed by atoms with E-state index in [1.54, 1.807) is 25.1 Å². The van der Waals surface area contributed by atoms with Crippen molar-refractivity contribution in [2.75, 3.05) is 6.61 Å². The summed E-state index contributed by atoms with van der Waals surface area (Å²) < 4.78 is 4.78. The fraction of sp³-hybridized carbons (Fsp3) is 0.231. The fourth-order valence-corrected chi connectivity index (χ4v) is 1.20. The second-order valence-corrected chi connectivity index (χ2v) is 3.20. The number of rotatable bonds is 5. The van der Waals surface area contributed by atoms with E-state index in [2.05, 4.69) is 0 Å². The lowest BCUT2D eigenvalue weighted by Crippen LogP contribution is -2.01. The number of hydrogen-bond donors (Lipinski definition) is 0. The van der Waals surface area contributed by atoms with Gasteiger partial charge in [0.05, 0.1) is 13.0 Å². The van der Waals surface area contributed by atoms with E-state index >= 15 is 0 Å². The number of ether oxygens (including phenoxy) is 1. The Hall–Kier alpha value is -1.90. The number of aldehydes is 1. The number of carbonyl (C=O) groups excluding carboxylic acids is 2. The first-order valence-electron chi connectivity index (χ1n) is 5.13. The molecule has 0 fully saturated rings. The number of benzene rings is 1. The molecule has 0 saturated heterocycles. The van der Waals surface area contributed by atoms with Gasteiger partial charge >= 0.3 is 5.97 Å². The van der Waals surface area contributed by atoms with E-state index in [-0.39, 0.29) is 12.4 Å². The first-order valence-corrected chi connectivity index (χ1v) is 5.13. The summed E-state index contributed by atoms with van der Waals surface area (Å²) in [6, 6.07) is 7.12. The molecule has 0 aliphatic carbocycles. The summed E-state index contributed by atoms with van der Waals surface area (Å²) in [5.41, 5.74) is 1.59. The topological polar surface area (TPSA) is 43.4 Å². The van der Waals surface area contributed by atoms with Crippen LogP contribution in [-0.4, -0.2) is 18.9 Å². The van der Waals surface area contributed by atoms with Crippen molar-refractivity contribution in [1.29, 1.82) is 0 Å². The van der Waals surface area contributed by atoms with Crippen LogP contribution in [0.4, 0.5) is 0 Å². The highest BCUT2D eigenvalue weighted by Crippen LogP contribution is 2.05. The highest BCUT2D eigenvalue weighted by molar-refractivity contribution is 5.76. The third-order valence-electron chi connectivity index (χ3n) is 1.97. The molecular weight excluding hydrogens is 204 g/mol. The van der Waals surface area contributed by atoms with Gasteiger partial charge in [-0.25, -0.2) is 0 Å². The van der Waals surface area contributed by atoms with Crippen molar-refractivity contribution in [3.05, 3.63) is 41.5 Å². The van der Waals surface area contributed by atoms with Crippen LogP contribution in [0.1, 0.15) is 29.3 Å². The minimum atomic E-state index is -0.233. The highest BCUT2D eigenvalue weighted by Gasteiger charge is 1.96. The van der Waals surface area contributed by atoms with E-state index in [1.165, 1.54) is 0 Å². The van der Waals surface area contributed by atoms with Crippen LogP contribution in [0.2, 0.25) is 0 Å². The molecular formula is C13H14O3. The first-order chi connectivity index (χ1) is 7.76. The van der Waals surface area contributed by atoms with E-state index in [4.69, 9.17) is 4.74 Å². The summed E-state index contributed by atoms with van der Waals surface area (Å²) in [7, 11) is 0. The second kappa shape index (κ2) is 6.56. The molecule has 1 aromatic rings. The van der Waals surface area contributed by atoms with Crippen LogP contribution < -0.4 is 0 Å². The van der Waals surface area contributed by atoms with E-state index in [0.717, 1.165) is 11.8 Å². The molecule has 0 aromatic heterocycles. The van der Waals surface area contributed by atoms with Crippen LogP contribution in [0.3, 0.4) is 0 Å². The van der Waals surface area contributed by atoms with Crippen LogP contribution in [0, 0.1) is 0 Å². The molecule has 3 nitrogen and oxygen atoms in total. The SMILES string of the molecule is CCOC(=O)CC=Cc1ccc(C=O)cc1. The van der Waals surface area contributed by atoms with Gasteiger partial charge in [0.15, 0.2) is 0 Å². The Morgan fingerprint density at radius 1 is 1.25 bits per heavy atom. The Morgan fingerprint density at radius 3 is 2.44 bits per heavy atom. The van der Waals surface area contributed by atoms with Crippen molar-refractivity contribution in [1.82, 2.24) is 0 Å². The summed E-state index contributed by atoms with van der Waals surface area (Å²) in [5.74, 6) is -0.233. The lowest BCUT2D eigenvalue weighted by Gasteiger charge is -1.97. The van der Waals surface area contributed by atoms with Gasteiger partial charge in [-0.2, -0.15) is 0 Å². The van der Waals surface area contributed by atoms with E-state index in [0.29, 0.717) is 12.2 Å². The zero-order valence-corrected chi connectivity index (χ0v) is 9.18. The van der Waals surface area contributed by atoms with Gasteiger partial charge in [0, 0.05) is 5.56 Å². The fourth-order valence-electron chi connectivity index (χ4n) is 1.20. The molecule has 84 valence electrons. The van der Waals surface area contributed by atoms with Crippen LogP contribution in [0.25, 0.3) is 6.08 Å². The van der Waals surface area contributed by atoms with Crippen molar-refractivity contribution in [3.63, 3.8) is 0 Å². The maximum Gasteiger partial charge on any atom is 0.309 e. The molecule has 16 heavy (non-hydrogen) atoms. The second-order valence-electron chi connectivity index (χ2n) is 3.20. The molecule has 0 aliphatic rings. The predicted octanol–water partition coefficient (Wildman–Crippen LogP) is 2.47. The molecule has 0 radical (unpaired) electrons. The molecule has 0 spiro atoms. The van der Waals surface area contributed by atoms with Crippen LogP contribution in [0.15, 0.2) is 30.3 Å². The minimum Gasteiger partial charge on any atom is -0.466 e. The van der Waals surface area contributed by atoms with Gasteiger partial charge in [0.1, 0.15) is 6.29 Å². The molecule has 1 aromatic carbocycles. The van der Waals surface area contributed by atoms with Crippen molar-refractivity contribution >= 4 is 18.3 Å². The molecule has 3 heteroatoms. The molecule has 0 aliphatic heterocycles. The predicted molar refractivity (Wildman–Crippen MR) is 62.1 cm³/mol.